The number of piperidine rings is 1. The number of sulfonamides is 1. The second-order valence-corrected chi connectivity index (χ2v) is 8.40. The van der Waals surface area contributed by atoms with Crippen LogP contribution in [-0.4, -0.2) is 43.4 Å². The minimum Gasteiger partial charge on any atom is -0.466 e. The van der Waals surface area contributed by atoms with Crippen molar-refractivity contribution < 1.29 is 22.4 Å². The van der Waals surface area contributed by atoms with Crippen LogP contribution in [0.2, 0.25) is 0 Å². The molecule has 0 bridgehead atoms. The van der Waals surface area contributed by atoms with Crippen LogP contribution in [0.5, 0.6) is 0 Å². The summed E-state index contributed by atoms with van der Waals surface area (Å²) in [4.78, 5) is 15.9. The highest BCUT2D eigenvalue weighted by molar-refractivity contribution is 7.89. The Morgan fingerprint density at radius 1 is 1.32 bits per heavy atom. The fourth-order valence-electron chi connectivity index (χ4n) is 3.08. The van der Waals surface area contributed by atoms with Crippen LogP contribution in [-0.2, 0) is 19.6 Å². The van der Waals surface area contributed by atoms with Crippen molar-refractivity contribution >= 4 is 16.0 Å². The highest BCUT2D eigenvalue weighted by atomic mass is 32.2. The molecule has 2 aromatic rings. The van der Waals surface area contributed by atoms with Crippen molar-refractivity contribution in [2.45, 2.75) is 31.8 Å². The summed E-state index contributed by atoms with van der Waals surface area (Å²) >= 11 is 0. The maximum absolute atomic E-state index is 13.0. The largest absolute Gasteiger partial charge is 0.466 e. The third-order valence-electron chi connectivity index (χ3n) is 4.65. The van der Waals surface area contributed by atoms with E-state index in [2.05, 4.69) is 4.98 Å². The number of nitriles is 1. The van der Waals surface area contributed by atoms with E-state index in [0.29, 0.717) is 25.0 Å². The molecule has 0 atom stereocenters. The minimum atomic E-state index is -4.03. The summed E-state index contributed by atoms with van der Waals surface area (Å²) < 4.78 is 37.7. The lowest BCUT2D eigenvalue weighted by Crippen LogP contribution is -2.40. The number of aryl methyl sites for hydroxylation is 1. The summed E-state index contributed by atoms with van der Waals surface area (Å²) in [5.41, 5.74) is 1.35. The average molecular weight is 403 g/mol. The van der Waals surface area contributed by atoms with Gasteiger partial charge in [0.1, 0.15) is 6.07 Å². The maximum atomic E-state index is 13.0. The van der Waals surface area contributed by atoms with Crippen LogP contribution in [0.1, 0.15) is 31.0 Å². The van der Waals surface area contributed by atoms with Gasteiger partial charge in [0.2, 0.25) is 5.89 Å². The molecule has 0 N–H and O–H groups in total. The molecular formula is C19H21N3O5S. The van der Waals surface area contributed by atoms with Crippen molar-refractivity contribution in [2.75, 3.05) is 19.7 Å². The quantitative estimate of drug-likeness (QED) is 0.705. The summed E-state index contributed by atoms with van der Waals surface area (Å²) in [6, 6.07) is 9.00. The lowest BCUT2D eigenvalue weighted by molar-refractivity contribution is -0.149. The van der Waals surface area contributed by atoms with Crippen LogP contribution in [0.3, 0.4) is 0 Å². The van der Waals surface area contributed by atoms with Gasteiger partial charge in [-0.25, -0.2) is 8.42 Å². The van der Waals surface area contributed by atoms with Crippen molar-refractivity contribution in [1.29, 1.82) is 5.26 Å². The molecule has 1 aromatic heterocycles. The smallest absolute Gasteiger partial charge is 0.309 e. The lowest BCUT2D eigenvalue weighted by Gasteiger charge is -2.29. The Labute approximate surface area is 163 Å². The Bertz CT molecular complexity index is 997. The SMILES string of the molecule is CCOC(=O)C1CCN(S(=O)(=O)c2oc(-c3ccc(C)cc3)nc2C#N)CC1. The molecular weight excluding hydrogens is 382 g/mol. The predicted octanol–water partition coefficient (Wildman–Crippen LogP) is 2.49. The molecule has 8 nitrogen and oxygen atoms in total. The van der Waals surface area contributed by atoms with Gasteiger partial charge in [-0.2, -0.15) is 14.6 Å². The highest BCUT2D eigenvalue weighted by Gasteiger charge is 2.37. The summed E-state index contributed by atoms with van der Waals surface area (Å²) in [7, 11) is -4.03. The molecule has 2 heterocycles. The minimum absolute atomic E-state index is 0.0801. The van der Waals surface area contributed by atoms with E-state index >= 15 is 0 Å². The molecule has 0 amide bonds. The van der Waals surface area contributed by atoms with Crippen LogP contribution in [0.25, 0.3) is 11.5 Å². The third kappa shape index (κ3) is 3.93. The number of hydrogen-bond acceptors (Lipinski definition) is 7. The van der Waals surface area contributed by atoms with Crippen molar-refractivity contribution in [3.05, 3.63) is 35.5 Å². The van der Waals surface area contributed by atoms with E-state index in [1.54, 1.807) is 25.1 Å². The Morgan fingerprint density at radius 2 is 1.96 bits per heavy atom. The first kappa shape index (κ1) is 20.0. The van der Waals surface area contributed by atoms with Gasteiger partial charge in [0.05, 0.1) is 12.5 Å². The molecule has 0 spiro atoms. The summed E-state index contributed by atoms with van der Waals surface area (Å²) in [6.45, 7) is 4.25. The molecule has 0 radical (unpaired) electrons. The van der Waals surface area contributed by atoms with Crippen molar-refractivity contribution in [1.82, 2.24) is 9.29 Å². The first-order valence-corrected chi connectivity index (χ1v) is 10.5. The van der Waals surface area contributed by atoms with Crippen LogP contribution >= 0.6 is 0 Å². The van der Waals surface area contributed by atoms with Gasteiger partial charge in [-0.1, -0.05) is 17.7 Å². The third-order valence-corrected chi connectivity index (χ3v) is 6.44. The first-order valence-electron chi connectivity index (χ1n) is 9.01. The van der Waals surface area contributed by atoms with Gasteiger partial charge < -0.3 is 9.15 Å². The second kappa shape index (κ2) is 8.12. The summed E-state index contributed by atoms with van der Waals surface area (Å²) in [6.07, 6.45) is 0.720. The number of ether oxygens (including phenoxy) is 1. The lowest BCUT2D eigenvalue weighted by atomic mass is 9.98. The number of esters is 1. The number of nitrogens with zero attached hydrogens (tertiary/aromatic N) is 3. The Balaban J connectivity index is 1.83. The molecule has 0 saturated carbocycles. The van der Waals surface area contributed by atoms with E-state index in [4.69, 9.17) is 9.15 Å². The fourth-order valence-corrected chi connectivity index (χ4v) is 4.53. The molecule has 148 valence electrons. The van der Waals surface area contributed by atoms with Gasteiger partial charge >= 0.3 is 5.97 Å². The summed E-state index contributed by atoms with van der Waals surface area (Å²) in [5, 5.41) is 8.88. The zero-order valence-corrected chi connectivity index (χ0v) is 16.5. The Hall–Kier alpha value is -2.70. The number of carbonyl (C=O) groups is 1. The highest BCUT2D eigenvalue weighted by Crippen LogP contribution is 2.30. The topological polar surface area (TPSA) is 114 Å². The van der Waals surface area contributed by atoms with Gasteiger partial charge in [-0.05, 0) is 38.8 Å². The number of carbonyl (C=O) groups excluding carboxylic acids is 1. The van der Waals surface area contributed by atoms with Gasteiger partial charge in [-0.3, -0.25) is 4.79 Å². The van der Waals surface area contributed by atoms with Crippen LogP contribution < -0.4 is 0 Å². The van der Waals surface area contributed by atoms with E-state index in [1.807, 2.05) is 19.1 Å². The summed E-state index contributed by atoms with van der Waals surface area (Å²) in [5.74, 6) is -0.546. The molecule has 1 aromatic carbocycles. The van der Waals surface area contributed by atoms with E-state index in [9.17, 15) is 18.5 Å². The van der Waals surface area contributed by atoms with Crippen molar-refractivity contribution in [3.8, 4) is 17.5 Å². The normalized spacial score (nSPS) is 15.9. The van der Waals surface area contributed by atoms with Gasteiger partial charge in [0.25, 0.3) is 15.1 Å². The average Bonchev–Trinajstić information content (AvgIpc) is 3.14. The van der Waals surface area contributed by atoms with Crippen molar-refractivity contribution in [3.63, 3.8) is 0 Å². The molecule has 9 heteroatoms. The first-order chi connectivity index (χ1) is 13.4. The van der Waals surface area contributed by atoms with Crippen LogP contribution in [0.15, 0.2) is 33.8 Å². The van der Waals surface area contributed by atoms with E-state index in [0.717, 1.165) is 5.56 Å². The predicted molar refractivity (Wildman–Crippen MR) is 99.5 cm³/mol. The number of aromatic nitrogens is 1. The number of oxazole rings is 1. The van der Waals surface area contributed by atoms with E-state index < -0.39 is 15.1 Å². The number of rotatable bonds is 5. The van der Waals surface area contributed by atoms with Crippen molar-refractivity contribution in [2.24, 2.45) is 5.92 Å². The zero-order chi connectivity index (χ0) is 20.3. The molecule has 0 unspecified atom stereocenters. The maximum Gasteiger partial charge on any atom is 0.309 e. The van der Waals surface area contributed by atoms with E-state index in [-0.39, 0.29) is 36.6 Å². The van der Waals surface area contributed by atoms with Crippen LogP contribution in [0.4, 0.5) is 0 Å². The van der Waals surface area contributed by atoms with Gasteiger partial charge in [0, 0.05) is 18.7 Å². The molecule has 3 rings (SSSR count). The number of hydrogen-bond donors (Lipinski definition) is 0. The van der Waals surface area contributed by atoms with Crippen LogP contribution in [0, 0.1) is 24.2 Å². The molecule has 0 aliphatic carbocycles. The molecule has 1 aliphatic rings. The van der Waals surface area contributed by atoms with Gasteiger partial charge in [0.15, 0.2) is 5.69 Å². The molecule has 1 fully saturated rings. The Morgan fingerprint density at radius 3 is 2.54 bits per heavy atom. The molecule has 1 aliphatic heterocycles. The van der Waals surface area contributed by atoms with E-state index in [1.165, 1.54) is 4.31 Å². The van der Waals surface area contributed by atoms with Gasteiger partial charge in [-0.15, -0.1) is 0 Å². The fraction of sp³-hybridized carbons (Fsp3) is 0.421. The zero-order valence-electron chi connectivity index (χ0n) is 15.7. The standard InChI is InChI=1S/C19H21N3O5S/c1-3-26-18(23)15-8-10-22(11-9-15)28(24,25)19-16(12-20)21-17(27-19)14-6-4-13(2)5-7-14/h4-7,15H,3,8-11H2,1-2H3. The Kier molecular flexibility index (Phi) is 5.82. The second-order valence-electron chi connectivity index (χ2n) is 6.56. The molecule has 1 saturated heterocycles. The monoisotopic (exact) mass is 403 g/mol. The molecule has 28 heavy (non-hydrogen) atoms. The number of benzene rings is 1.